The highest BCUT2D eigenvalue weighted by Gasteiger charge is 2.61. The van der Waals surface area contributed by atoms with E-state index in [-0.39, 0.29) is 17.4 Å². The third-order valence-electron chi connectivity index (χ3n) is 6.29. The van der Waals surface area contributed by atoms with Crippen LogP contribution in [-0.4, -0.2) is 35.2 Å². The summed E-state index contributed by atoms with van der Waals surface area (Å²) in [4.78, 5) is 20.2. The Morgan fingerprint density at radius 2 is 2.04 bits per heavy atom. The molecule has 4 nitrogen and oxygen atoms in total. The summed E-state index contributed by atoms with van der Waals surface area (Å²) in [5.41, 5.74) is 1.14. The van der Waals surface area contributed by atoms with Crippen molar-refractivity contribution in [3.8, 4) is 0 Å². The molecule has 1 aromatic rings. The van der Waals surface area contributed by atoms with Crippen molar-refractivity contribution < 1.29 is 18.4 Å². The van der Waals surface area contributed by atoms with Crippen LogP contribution in [0.2, 0.25) is 0 Å². The summed E-state index contributed by atoms with van der Waals surface area (Å²) in [6.45, 7) is 3.10. The predicted molar refractivity (Wildman–Crippen MR) is 87.0 cm³/mol. The fourth-order valence-corrected chi connectivity index (χ4v) is 4.28. The van der Waals surface area contributed by atoms with E-state index in [4.69, 9.17) is 4.84 Å². The topological polar surface area (TPSA) is 41.9 Å². The zero-order chi connectivity index (χ0) is 17.4. The van der Waals surface area contributed by atoms with Gasteiger partial charge in [0, 0.05) is 23.7 Å². The second kappa shape index (κ2) is 4.80. The van der Waals surface area contributed by atoms with Crippen molar-refractivity contribution in [1.82, 2.24) is 4.90 Å². The number of oxime groups is 1. The standard InChI is InChI=1S/C19H20F2N2O2/c1-18(12-4-5-14(20)15(21)6-12)7-13(18)17(24)23-9-19(10-23)8-16(22-25-19)11-2-3-11/h4-6,11,13H,2-3,7-10H2,1H3. The SMILES string of the molecule is CC1(c2ccc(F)c(F)c2)CC1C(=O)N1CC2(CC(C3CC3)=NO2)C1. The Morgan fingerprint density at radius 1 is 1.28 bits per heavy atom. The van der Waals surface area contributed by atoms with Gasteiger partial charge >= 0.3 is 0 Å². The van der Waals surface area contributed by atoms with Gasteiger partial charge in [0.1, 0.15) is 0 Å². The maximum atomic E-state index is 13.5. The quantitative estimate of drug-likeness (QED) is 0.844. The van der Waals surface area contributed by atoms with Crippen LogP contribution in [0, 0.1) is 23.5 Å². The molecule has 0 aromatic heterocycles. The molecule has 2 aliphatic heterocycles. The van der Waals surface area contributed by atoms with E-state index < -0.39 is 17.0 Å². The van der Waals surface area contributed by atoms with Gasteiger partial charge in [-0.1, -0.05) is 18.1 Å². The molecule has 2 aliphatic carbocycles. The number of hydrogen-bond acceptors (Lipinski definition) is 3. The molecule has 1 saturated heterocycles. The number of benzene rings is 1. The Labute approximate surface area is 144 Å². The molecule has 3 fully saturated rings. The van der Waals surface area contributed by atoms with E-state index in [9.17, 15) is 13.6 Å². The summed E-state index contributed by atoms with van der Waals surface area (Å²) in [6, 6.07) is 3.94. The van der Waals surface area contributed by atoms with Gasteiger partial charge in [0.15, 0.2) is 17.2 Å². The van der Waals surface area contributed by atoms with Crippen molar-refractivity contribution in [2.45, 2.75) is 43.6 Å². The zero-order valence-corrected chi connectivity index (χ0v) is 14.1. The lowest BCUT2D eigenvalue weighted by Gasteiger charge is -2.45. The summed E-state index contributed by atoms with van der Waals surface area (Å²) >= 11 is 0. The van der Waals surface area contributed by atoms with Gasteiger partial charge < -0.3 is 9.74 Å². The Balaban J connectivity index is 1.23. The summed E-state index contributed by atoms with van der Waals surface area (Å²) in [7, 11) is 0. The highest BCUT2D eigenvalue weighted by molar-refractivity contribution is 5.91. The highest BCUT2D eigenvalue weighted by Crippen LogP contribution is 2.56. The minimum absolute atomic E-state index is 0.0846. The summed E-state index contributed by atoms with van der Waals surface area (Å²) in [6.07, 6.45) is 3.92. The molecular weight excluding hydrogens is 326 g/mol. The first-order chi connectivity index (χ1) is 11.9. The molecule has 2 heterocycles. The highest BCUT2D eigenvalue weighted by atomic mass is 19.2. The lowest BCUT2D eigenvalue weighted by molar-refractivity contribution is -0.163. The van der Waals surface area contributed by atoms with E-state index in [0.717, 1.165) is 18.2 Å². The third kappa shape index (κ3) is 2.29. The minimum atomic E-state index is -0.858. The Morgan fingerprint density at radius 3 is 2.72 bits per heavy atom. The number of nitrogens with zero attached hydrogens (tertiary/aromatic N) is 2. The van der Waals surface area contributed by atoms with Crippen LogP contribution in [0.5, 0.6) is 0 Å². The van der Waals surface area contributed by atoms with Crippen LogP contribution in [0.25, 0.3) is 0 Å². The minimum Gasteiger partial charge on any atom is -0.385 e. The van der Waals surface area contributed by atoms with Crippen LogP contribution < -0.4 is 0 Å². The fourth-order valence-electron chi connectivity index (χ4n) is 4.28. The van der Waals surface area contributed by atoms with Crippen LogP contribution in [0.15, 0.2) is 23.4 Å². The third-order valence-corrected chi connectivity index (χ3v) is 6.29. The number of rotatable bonds is 3. The van der Waals surface area contributed by atoms with Gasteiger partial charge in [-0.2, -0.15) is 0 Å². The van der Waals surface area contributed by atoms with Gasteiger partial charge in [0.05, 0.1) is 18.8 Å². The average Bonchev–Trinajstić information content (AvgIpc) is 3.46. The van der Waals surface area contributed by atoms with Crippen LogP contribution in [0.3, 0.4) is 0 Å². The Bertz CT molecular complexity index is 799. The molecule has 0 bridgehead atoms. The average molecular weight is 346 g/mol. The lowest BCUT2D eigenvalue weighted by atomic mass is 9.86. The number of amides is 1. The summed E-state index contributed by atoms with van der Waals surface area (Å²) in [5, 5.41) is 4.22. The molecule has 6 heteroatoms. The van der Waals surface area contributed by atoms with Gasteiger partial charge in [-0.3, -0.25) is 4.79 Å². The first kappa shape index (κ1) is 15.3. The van der Waals surface area contributed by atoms with E-state index in [0.29, 0.717) is 31.0 Å². The molecule has 2 atom stereocenters. The lowest BCUT2D eigenvalue weighted by Crippen LogP contribution is -2.64. The normalized spacial score (nSPS) is 32.2. The van der Waals surface area contributed by atoms with Gasteiger partial charge in [-0.25, -0.2) is 8.78 Å². The molecule has 0 N–H and O–H groups in total. The molecule has 25 heavy (non-hydrogen) atoms. The number of carbonyl (C=O) groups is 1. The molecule has 1 spiro atoms. The van der Waals surface area contributed by atoms with Crippen molar-refractivity contribution in [3.05, 3.63) is 35.4 Å². The van der Waals surface area contributed by atoms with Crippen LogP contribution >= 0.6 is 0 Å². The number of halogens is 2. The van der Waals surface area contributed by atoms with Crippen LogP contribution in [-0.2, 0) is 15.0 Å². The molecular formula is C19H20F2N2O2. The second-order valence-corrected chi connectivity index (χ2v) is 8.31. The van der Waals surface area contributed by atoms with Gasteiger partial charge in [0.2, 0.25) is 5.91 Å². The smallest absolute Gasteiger partial charge is 0.226 e. The number of carbonyl (C=O) groups excluding carboxylic acids is 1. The Hall–Kier alpha value is -1.98. The van der Waals surface area contributed by atoms with Gasteiger partial charge in [0.25, 0.3) is 0 Å². The maximum Gasteiger partial charge on any atom is 0.226 e. The monoisotopic (exact) mass is 346 g/mol. The molecule has 1 aromatic carbocycles. The van der Waals surface area contributed by atoms with Gasteiger partial charge in [-0.05, 0) is 37.0 Å². The maximum absolute atomic E-state index is 13.5. The van der Waals surface area contributed by atoms with E-state index in [1.54, 1.807) is 6.07 Å². The molecule has 4 aliphatic rings. The summed E-state index contributed by atoms with van der Waals surface area (Å²) in [5.74, 6) is -1.19. The first-order valence-electron chi connectivity index (χ1n) is 8.90. The van der Waals surface area contributed by atoms with E-state index in [1.165, 1.54) is 18.9 Å². The molecule has 2 unspecified atom stereocenters. The largest absolute Gasteiger partial charge is 0.385 e. The van der Waals surface area contributed by atoms with Crippen molar-refractivity contribution in [2.24, 2.45) is 17.0 Å². The van der Waals surface area contributed by atoms with Crippen molar-refractivity contribution in [3.63, 3.8) is 0 Å². The molecule has 132 valence electrons. The van der Waals surface area contributed by atoms with Crippen LogP contribution in [0.4, 0.5) is 8.78 Å². The van der Waals surface area contributed by atoms with Crippen LogP contribution in [0.1, 0.15) is 38.2 Å². The molecule has 0 radical (unpaired) electrons. The van der Waals surface area contributed by atoms with Gasteiger partial charge in [-0.15, -0.1) is 0 Å². The van der Waals surface area contributed by atoms with E-state index >= 15 is 0 Å². The number of hydrogen-bond donors (Lipinski definition) is 0. The van der Waals surface area contributed by atoms with E-state index in [1.807, 2.05) is 11.8 Å². The Kier molecular flexibility index (Phi) is 2.94. The predicted octanol–water partition coefficient (Wildman–Crippen LogP) is 3.01. The zero-order valence-electron chi connectivity index (χ0n) is 14.1. The van der Waals surface area contributed by atoms with E-state index in [2.05, 4.69) is 5.16 Å². The molecule has 1 amide bonds. The van der Waals surface area contributed by atoms with Crippen molar-refractivity contribution >= 4 is 11.6 Å². The number of likely N-dealkylation sites (tertiary alicyclic amines) is 1. The first-order valence-corrected chi connectivity index (χ1v) is 8.90. The van der Waals surface area contributed by atoms with Crippen molar-refractivity contribution in [1.29, 1.82) is 0 Å². The summed E-state index contributed by atoms with van der Waals surface area (Å²) < 4.78 is 26.7. The molecule has 5 rings (SSSR count). The second-order valence-electron chi connectivity index (χ2n) is 8.31. The fraction of sp³-hybridized carbons (Fsp3) is 0.579. The van der Waals surface area contributed by atoms with Crippen molar-refractivity contribution in [2.75, 3.05) is 13.1 Å². The molecule has 2 saturated carbocycles.